The zero-order chi connectivity index (χ0) is 27.7. The molecule has 0 saturated heterocycles. The summed E-state index contributed by atoms with van der Waals surface area (Å²) in [5, 5.41) is 21.7. The third-order valence-corrected chi connectivity index (χ3v) is 6.08. The number of ketones is 2. The van der Waals surface area contributed by atoms with Gasteiger partial charge in [-0.05, 0) is 23.3 Å². The van der Waals surface area contributed by atoms with Crippen LogP contribution in [0.2, 0.25) is 0 Å². The van der Waals surface area contributed by atoms with Crippen LogP contribution in [0.4, 0.5) is 0 Å². The second-order valence-electron chi connectivity index (χ2n) is 8.72. The minimum atomic E-state index is -1.15. The van der Waals surface area contributed by atoms with Gasteiger partial charge in [0.1, 0.15) is 0 Å². The van der Waals surface area contributed by atoms with Gasteiger partial charge in [0.05, 0.1) is 0 Å². The maximum atomic E-state index is 12.2. The molecule has 0 spiro atoms. The van der Waals surface area contributed by atoms with Gasteiger partial charge in [0.15, 0.2) is 11.6 Å². The molecule has 7 heteroatoms. The third kappa shape index (κ3) is 8.72. The van der Waals surface area contributed by atoms with Gasteiger partial charge >= 0.3 is 37.7 Å². The van der Waals surface area contributed by atoms with Crippen LogP contribution in [-0.4, -0.2) is 61.2 Å². The molecule has 0 heterocycles. The Morgan fingerprint density at radius 3 is 1.10 bits per heavy atom. The Kier molecular flexibility index (Phi) is 12.3. The summed E-state index contributed by atoms with van der Waals surface area (Å²) in [4.78, 5) is 46.2. The van der Waals surface area contributed by atoms with Gasteiger partial charge < -0.3 is 19.8 Å². The molecule has 6 nitrogen and oxygen atoms in total. The van der Waals surface area contributed by atoms with Crippen LogP contribution in [0.1, 0.15) is 68.7 Å². The fraction of sp³-hybridized carbons (Fsp3) is 0.125. The van der Waals surface area contributed by atoms with Crippen LogP contribution in [0.25, 0.3) is 0 Å². The number of hydrogen-bond donors (Lipinski definition) is 0. The van der Waals surface area contributed by atoms with Gasteiger partial charge in [-0.15, -0.1) is 0 Å². The number of carbonyl (C=O) groups excluding carboxylic acids is 4. The molecule has 0 amide bonds. The van der Waals surface area contributed by atoms with Crippen LogP contribution < -0.4 is 10.2 Å². The van der Waals surface area contributed by atoms with E-state index in [1.807, 2.05) is 12.1 Å². The van der Waals surface area contributed by atoms with Crippen molar-refractivity contribution in [3.63, 3.8) is 0 Å². The Morgan fingerprint density at radius 1 is 0.487 bits per heavy atom. The molecule has 39 heavy (non-hydrogen) atoms. The van der Waals surface area contributed by atoms with Gasteiger partial charge in [0.25, 0.3) is 0 Å². The number of benzene rings is 4. The summed E-state index contributed by atoms with van der Waals surface area (Å²) in [6.45, 7) is 3.09. The first-order chi connectivity index (χ1) is 18.2. The van der Waals surface area contributed by atoms with E-state index >= 15 is 0 Å². The molecule has 0 radical (unpaired) electrons. The van der Waals surface area contributed by atoms with Crippen molar-refractivity contribution in [1.29, 1.82) is 0 Å². The van der Waals surface area contributed by atoms with E-state index in [-0.39, 0.29) is 49.3 Å². The van der Waals surface area contributed by atoms with Crippen molar-refractivity contribution >= 4 is 61.2 Å². The monoisotopic (exact) mass is 546 g/mol. The molecule has 2 atom stereocenters. The van der Waals surface area contributed by atoms with Gasteiger partial charge in [-0.2, -0.15) is 0 Å². The van der Waals surface area contributed by atoms with Crippen molar-refractivity contribution in [2.45, 2.75) is 25.7 Å². The molecule has 192 valence electrons. The Hall–Kier alpha value is -3.58. The standard InChI is InChI=1S/2C16H14O3.Ca/c2*1-11(16(18)19)13-8-5-9-14(10-13)15(17)12-6-3-2-4-7-12;/h2*2-11H,1H3,(H,18,19);/q;;+2/p-2/t2*11-;/m00./s1. The molecule has 0 unspecified atom stereocenters. The zero-order valence-electron chi connectivity index (χ0n) is 21.7. The summed E-state index contributed by atoms with van der Waals surface area (Å²) in [6.07, 6.45) is 0. The van der Waals surface area contributed by atoms with E-state index in [0.717, 1.165) is 0 Å². The molecular formula is C32H26CaO6. The average Bonchev–Trinajstić information content (AvgIpc) is 2.96. The summed E-state index contributed by atoms with van der Waals surface area (Å²) >= 11 is 0. The minimum absolute atomic E-state index is 0. The van der Waals surface area contributed by atoms with Gasteiger partial charge in [-0.1, -0.05) is 111 Å². The molecular weight excluding hydrogens is 520 g/mol. The summed E-state index contributed by atoms with van der Waals surface area (Å²) in [5.74, 6) is -4.00. The number of carboxylic acids is 2. The van der Waals surface area contributed by atoms with Gasteiger partial charge in [0, 0.05) is 46.0 Å². The number of rotatable bonds is 8. The number of carbonyl (C=O) groups is 4. The fourth-order valence-corrected chi connectivity index (χ4v) is 3.68. The number of carboxylic acid groups (broad SMARTS) is 2. The molecule has 4 aromatic rings. The second-order valence-corrected chi connectivity index (χ2v) is 8.72. The van der Waals surface area contributed by atoms with E-state index in [1.165, 1.54) is 0 Å². The van der Waals surface area contributed by atoms with Crippen molar-refractivity contribution in [3.05, 3.63) is 143 Å². The van der Waals surface area contributed by atoms with Crippen LogP contribution >= 0.6 is 0 Å². The van der Waals surface area contributed by atoms with Crippen molar-refractivity contribution < 1.29 is 29.4 Å². The van der Waals surface area contributed by atoms with E-state index in [2.05, 4.69) is 0 Å². The normalized spacial score (nSPS) is 11.5. The maximum absolute atomic E-state index is 12.2. The molecule has 4 aromatic carbocycles. The summed E-state index contributed by atoms with van der Waals surface area (Å²) in [7, 11) is 0. The maximum Gasteiger partial charge on any atom is 2.00 e. The zero-order valence-corrected chi connectivity index (χ0v) is 23.9. The molecule has 0 aliphatic rings. The Morgan fingerprint density at radius 2 is 0.795 bits per heavy atom. The predicted molar refractivity (Wildman–Crippen MR) is 145 cm³/mol. The summed E-state index contributed by atoms with van der Waals surface area (Å²) in [6, 6.07) is 31.1. The third-order valence-electron chi connectivity index (χ3n) is 6.08. The Balaban J connectivity index is 0.000000267. The molecule has 0 N–H and O–H groups in total. The van der Waals surface area contributed by atoms with Crippen LogP contribution in [0.15, 0.2) is 109 Å². The topological polar surface area (TPSA) is 114 Å². The SMILES string of the molecule is C[C@H](C(=O)[O-])c1cccc(C(=O)c2ccccc2)c1.C[C@H](C(=O)[O-])c1cccc(C(=O)c2ccccc2)c1.[Ca+2]. The van der Waals surface area contributed by atoms with E-state index in [4.69, 9.17) is 0 Å². The largest absolute Gasteiger partial charge is 2.00 e. The van der Waals surface area contributed by atoms with Gasteiger partial charge in [-0.25, -0.2) is 0 Å². The first-order valence-electron chi connectivity index (χ1n) is 12.0. The van der Waals surface area contributed by atoms with Gasteiger partial charge in [0.2, 0.25) is 0 Å². The molecule has 0 aromatic heterocycles. The quantitative estimate of drug-likeness (QED) is 0.248. The van der Waals surface area contributed by atoms with Crippen LogP contribution in [-0.2, 0) is 9.59 Å². The molecule has 0 bridgehead atoms. The number of hydrogen-bond acceptors (Lipinski definition) is 6. The Bertz CT molecular complexity index is 1320. The Labute approximate surface area is 257 Å². The average molecular weight is 547 g/mol. The van der Waals surface area contributed by atoms with E-state index in [0.29, 0.717) is 33.4 Å². The van der Waals surface area contributed by atoms with E-state index in [1.54, 1.807) is 111 Å². The van der Waals surface area contributed by atoms with E-state index < -0.39 is 23.8 Å². The van der Waals surface area contributed by atoms with Crippen LogP contribution in [0.5, 0.6) is 0 Å². The van der Waals surface area contributed by atoms with Crippen molar-refractivity contribution in [2.75, 3.05) is 0 Å². The molecule has 4 rings (SSSR count). The molecule has 0 aliphatic carbocycles. The van der Waals surface area contributed by atoms with Crippen molar-refractivity contribution in [3.8, 4) is 0 Å². The van der Waals surface area contributed by atoms with Crippen LogP contribution in [0.3, 0.4) is 0 Å². The van der Waals surface area contributed by atoms with Crippen molar-refractivity contribution in [2.24, 2.45) is 0 Å². The smallest absolute Gasteiger partial charge is 0.550 e. The second kappa shape index (κ2) is 15.1. The molecule has 0 aliphatic heterocycles. The molecule has 0 fully saturated rings. The first-order valence-corrected chi connectivity index (χ1v) is 12.0. The summed E-state index contributed by atoms with van der Waals surface area (Å²) < 4.78 is 0. The summed E-state index contributed by atoms with van der Waals surface area (Å²) in [5.41, 5.74) is 3.28. The molecule has 0 saturated carbocycles. The fourth-order valence-electron chi connectivity index (χ4n) is 3.68. The minimum Gasteiger partial charge on any atom is -0.550 e. The van der Waals surface area contributed by atoms with Crippen molar-refractivity contribution in [1.82, 2.24) is 0 Å². The predicted octanol–water partition coefficient (Wildman–Crippen LogP) is 3.16. The van der Waals surface area contributed by atoms with Crippen LogP contribution in [0, 0.1) is 0 Å². The first kappa shape index (κ1) is 31.6. The van der Waals surface area contributed by atoms with E-state index in [9.17, 15) is 29.4 Å². The number of aliphatic carboxylic acids is 2. The van der Waals surface area contributed by atoms with Gasteiger partial charge in [-0.3, -0.25) is 9.59 Å².